The highest BCUT2D eigenvalue weighted by Gasteiger charge is 2.11. The zero-order valence-corrected chi connectivity index (χ0v) is 15.8. The Kier molecular flexibility index (Phi) is 5.22. The number of phenolic OH excluding ortho intramolecular Hbond substituents is 1. The van der Waals surface area contributed by atoms with E-state index in [0.29, 0.717) is 21.6 Å². The van der Waals surface area contributed by atoms with Crippen molar-refractivity contribution in [2.24, 2.45) is 12.1 Å². The van der Waals surface area contributed by atoms with Crippen LogP contribution >= 0.6 is 15.9 Å². The SMILES string of the molecule is COc1cc(/C=N/NC(=O)Cc2nc3ccccc3n2C)cc(Br)c1O. The number of benzene rings is 2. The van der Waals surface area contributed by atoms with Crippen LogP contribution in [0, 0.1) is 0 Å². The second-order valence-electron chi connectivity index (χ2n) is 5.60. The fourth-order valence-corrected chi connectivity index (χ4v) is 3.00. The van der Waals surface area contributed by atoms with Crippen molar-refractivity contribution in [3.05, 3.63) is 52.3 Å². The number of methoxy groups -OCH3 is 1. The lowest BCUT2D eigenvalue weighted by Gasteiger charge is -2.06. The molecule has 3 aromatic rings. The Morgan fingerprint density at radius 1 is 1.42 bits per heavy atom. The summed E-state index contributed by atoms with van der Waals surface area (Å²) in [6.45, 7) is 0. The summed E-state index contributed by atoms with van der Waals surface area (Å²) in [6, 6.07) is 11.0. The fourth-order valence-electron chi connectivity index (χ4n) is 2.54. The molecular formula is C18H17BrN4O3. The maximum Gasteiger partial charge on any atom is 0.247 e. The molecule has 134 valence electrons. The monoisotopic (exact) mass is 416 g/mol. The molecule has 0 aliphatic rings. The van der Waals surface area contributed by atoms with Crippen molar-refractivity contribution in [1.29, 1.82) is 0 Å². The molecule has 0 saturated carbocycles. The molecule has 26 heavy (non-hydrogen) atoms. The predicted octanol–water partition coefficient (Wildman–Crippen LogP) is 2.74. The molecule has 1 aromatic heterocycles. The number of carbonyl (C=O) groups excluding carboxylic acids is 1. The number of fused-ring (bicyclic) bond motifs is 1. The Labute approximate surface area is 158 Å². The minimum atomic E-state index is -0.274. The first-order valence-electron chi connectivity index (χ1n) is 7.78. The van der Waals surface area contributed by atoms with E-state index in [1.807, 2.05) is 35.9 Å². The number of nitrogens with zero attached hydrogens (tertiary/aromatic N) is 3. The average Bonchev–Trinajstić information content (AvgIpc) is 2.94. The summed E-state index contributed by atoms with van der Waals surface area (Å²) >= 11 is 3.24. The van der Waals surface area contributed by atoms with E-state index in [1.54, 1.807) is 12.1 Å². The van der Waals surface area contributed by atoms with E-state index in [1.165, 1.54) is 13.3 Å². The van der Waals surface area contributed by atoms with Gasteiger partial charge in [0.25, 0.3) is 0 Å². The summed E-state index contributed by atoms with van der Waals surface area (Å²) in [5, 5.41) is 13.7. The van der Waals surface area contributed by atoms with E-state index in [4.69, 9.17) is 4.74 Å². The number of nitrogens with one attached hydrogen (secondary N) is 1. The van der Waals surface area contributed by atoms with Gasteiger partial charge in [-0.05, 0) is 45.8 Å². The van der Waals surface area contributed by atoms with Gasteiger partial charge in [0.2, 0.25) is 5.91 Å². The zero-order chi connectivity index (χ0) is 18.7. The van der Waals surface area contributed by atoms with E-state index in [9.17, 15) is 9.90 Å². The number of amides is 1. The molecule has 0 radical (unpaired) electrons. The average molecular weight is 417 g/mol. The van der Waals surface area contributed by atoms with E-state index >= 15 is 0 Å². The first kappa shape index (κ1) is 17.9. The summed E-state index contributed by atoms with van der Waals surface area (Å²) in [4.78, 5) is 16.6. The van der Waals surface area contributed by atoms with E-state index in [2.05, 4.69) is 31.4 Å². The first-order chi connectivity index (χ1) is 12.5. The molecular weight excluding hydrogens is 400 g/mol. The number of aryl methyl sites for hydroxylation is 1. The second-order valence-corrected chi connectivity index (χ2v) is 6.45. The van der Waals surface area contributed by atoms with E-state index in [-0.39, 0.29) is 18.1 Å². The van der Waals surface area contributed by atoms with Crippen molar-refractivity contribution in [2.45, 2.75) is 6.42 Å². The molecule has 2 aromatic carbocycles. The standard InChI is InChI=1S/C18H17BrN4O3/c1-23-14-6-4-3-5-13(14)21-16(23)9-17(24)22-20-10-11-7-12(19)18(25)15(8-11)26-2/h3-8,10,25H,9H2,1-2H3,(H,22,24)/b20-10+. The normalized spacial score (nSPS) is 11.2. The van der Waals surface area contributed by atoms with Crippen molar-refractivity contribution < 1.29 is 14.6 Å². The molecule has 2 N–H and O–H groups in total. The number of phenols is 1. The summed E-state index contributed by atoms with van der Waals surface area (Å²) in [5.74, 6) is 0.708. The third-order valence-corrected chi connectivity index (χ3v) is 4.48. The lowest BCUT2D eigenvalue weighted by Crippen LogP contribution is -2.21. The number of rotatable bonds is 5. The maximum absolute atomic E-state index is 12.1. The van der Waals surface area contributed by atoms with Gasteiger partial charge >= 0.3 is 0 Å². The number of halogens is 1. The molecule has 7 nitrogen and oxygen atoms in total. The van der Waals surface area contributed by atoms with Crippen LogP contribution in [-0.4, -0.2) is 33.9 Å². The Hall–Kier alpha value is -2.87. The van der Waals surface area contributed by atoms with Crippen molar-refractivity contribution in [3.8, 4) is 11.5 Å². The third kappa shape index (κ3) is 3.70. The topological polar surface area (TPSA) is 88.7 Å². The van der Waals surface area contributed by atoms with Crippen LogP contribution in [-0.2, 0) is 18.3 Å². The molecule has 0 spiro atoms. The number of hydrogen-bond donors (Lipinski definition) is 2. The van der Waals surface area contributed by atoms with Gasteiger partial charge in [0.05, 0.1) is 35.3 Å². The van der Waals surface area contributed by atoms with Gasteiger partial charge in [-0.25, -0.2) is 10.4 Å². The van der Waals surface area contributed by atoms with Gasteiger partial charge in [-0.15, -0.1) is 0 Å². The highest BCUT2D eigenvalue weighted by atomic mass is 79.9. The first-order valence-corrected chi connectivity index (χ1v) is 8.57. The van der Waals surface area contributed by atoms with Crippen LogP contribution in [0.2, 0.25) is 0 Å². The smallest absolute Gasteiger partial charge is 0.247 e. The Balaban J connectivity index is 1.68. The molecule has 0 atom stereocenters. The van der Waals surface area contributed by atoms with Crippen LogP contribution in [0.5, 0.6) is 11.5 Å². The van der Waals surface area contributed by atoms with Crippen LogP contribution in [0.1, 0.15) is 11.4 Å². The molecule has 0 aliphatic carbocycles. The van der Waals surface area contributed by atoms with Gasteiger partial charge in [-0.3, -0.25) is 4.79 Å². The van der Waals surface area contributed by atoms with E-state index < -0.39 is 0 Å². The molecule has 3 rings (SSSR count). The summed E-state index contributed by atoms with van der Waals surface area (Å²) in [5.41, 5.74) is 4.96. The highest BCUT2D eigenvalue weighted by molar-refractivity contribution is 9.10. The van der Waals surface area contributed by atoms with Crippen LogP contribution in [0.25, 0.3) is 11.0 Å². The van der Waals surface area contributed by atoms with Crippen LogP contribution in [0.15, 0.2) is 46.0 Å². The number of imidazole rings is 1. The molecule has 0 fully saturated rings. The number of para-hydroxylation sites is 2. The van der Waals surface area contributed by atoms with Crippen molar-refractivity contribution >= 4 is 39.1 Å². The Bertz CT molecular complexity index is 998. The van der Waals surface area contributed by atoms with Crippen molar-refractivity contribution in [1.82, 2.24) is 15.0 Å². The van der Waals surface area contributed by atoms with Crippen LogP contribution in [0.4, 0.5) is 0 Å². The van der Waals surface area contributed by atoms with Crippen LogP contribution in [0.3, 0.4) is 0 Å². The minimum Gasteiger partial charge on any atom is -0.503 e. The van der Waals surface area contributed by atoms with Gasteiger partial charge in [-0.1, -0.05) is 12.1 Å². The molecule has 0 saturated heterocycles. The quantitative estimate of drug-likeness (QED) is 0.494. The van der Waals surface area contributed by atoms with Gasteiger partial charge in [0.15, 0.2) is 11.5 Å². The lowest BCUT2D eigenvalue weighted by atomic mass is 10.2. The summed E-state index contributed by atoms with van der Waals surface area (Å²) < 4.78 is 7.44. The lowest BCUT2D eigenvalue weighted by molar-refractivity contribution is -0.120. The molecule has 0 bridgehead atoms. The van der Waals surface area contributed by atoms with Gasteiger partial charge in [0.1, 0.15) is 5.82 Å². The van der Waals surface area contributed by atoms with Gasteiger partial charge < -0.3 is 14.4 Å². The number of carbonyl (C=O) groups is 1. The maximum atomic E-state index is 12.1. The number of aromatic nitrogens is 2. The Morgan fingerprint density at radius 2 is 2.19 bits per heavy atom. The van der Waals surface area contributed by atoms with Gasteiger partial charge in [-0.2, -0.15) is 5.10 Å². The van der Waals surface area contributed by atoms with Crippen LogP contribution < -0.4 is 10.2 Å². The number of ether oxygens (including phenoxy) is 1. The number of hydrogen-bond acceptors (Lipinski definition) is 5. The highest BCUT2D eigenvalue weighted by Crippen LogP contribution is 2.34. The predicted molar refractivity (Wildman–Crippen MR) is 103 cm³/mol. The summed E-state index contributed by atoms with van der Waals surface area (Å²) in [7, 11) is 3.34. The molecule has 0 aliphatic heterocycles. The van der Waals surface area contributed by atoms with Crippen molar-refractivity contribution in [2.75, 3.05) is 7.11 Å². The molecule has 1 amide bonds. The summed E-state index contributed by atoms with van der Waals surface area (Å²) in [6.07, 6.45) is 1.59. The van der Waals surface area contributed by atoms with Gasteiger partial charge in [0, 0.05) is 7.05 Å². The Morgan fingerprint density at radius 3 is 2.92 bits per heavy atom. The third-order valence-electron chi connectivity index (χ3n) is 3.87. The van der Waals surface area contributed by atoms with Crippen molar-refractivity contribution in [3.63, 3.8) is 0 Å². The fraction of sp³-hybridized carbons (Fsp3) is 0.167. The number of aromatic hydroxyl groups is 1. The zero-order valence-electron chi connectivity index (χ0n) is 14.2. The molecule has 0 unspecified atom stereocenters. The number of hydrazone groups is 1. The van der Waals surface area contributed by atoms with E-state index in [0.717, 1.165) is 11.0 Å². The minimum absolute atomic E-state index is 0.00975. The second kappa shape index (κ2) is 7.57. The molecule has 8 heteroatoms. The molecule has 1 heterocycles. The largest absolute Gasteiger partial charge is 0.503 e.